The molecular weight excluding hydrogens is 584 g/mol. The zero-order chi connectivity index (χ0) is 29.5. The van der Waals surface area contributed by atoms with Gasteiger partial charge in [0.05, 0.1) is 0 Å². The SMILES string of the molecule is CCc1ccc2c(c1)[cH-]c1cc(CC)ccc12.Cc1ccc2[cH-]ccc2c1C.[Zr+2]=[C](c1ccccc1)c1ccccc1. The Bertz CT molecular complexity index is 1820. The first-order chi connectivity index (χ1) is 20.5. The van der Waals surface area contributed by atoms with Gasteiger partial charge in [-0.2, -0.15) is 12.1 Å². The van der Waals surface area contributed by atoms with E-state index in [1.165, 1.54) is 93.1 Å². The molecule has 0 aliphatic rings. The van der Waals surface area contributed by atoms with Crippen LogP contribution < -0.4 is 0 Å². The van der Waals surface area contributed by atoms with Crippen LogP contribution in [0.2, 0.25) is 0 Å². The summed E-state index contributed by atoms with van der Waals surface area (Å²) in [6, 6.07) is 47.9. The van der Waals surface area contributed by atoms with Gasteiger partial charge >= 0.3 is 99.2 Å². The van der Waals surface area contributed by atoms with Crippen LogP contribution in [0.4, 0.5) is 0 Å². The maximum atomic E-state index is 2.32. The molecule has 1 heteroatoms. The van der Waals surface area contributed by atoms with Crippen molar-refractivity contribution in [1.29, 1.82) is 0 Å². The van der Waals surface area contributed by atoms with Gasteiger partial charge in [-0.05, 0) is 26.7 Å². The summed E-state index contributed by atoms with van der Waals surface area (Å²) in [5, 5.41) is 8.29. The average Bonchev–Trinajstić information content (AvgIpc) is 3.68. The fraction of sp³-hybridized carbons (Fsp3) is 0.146. The molecule has 0 amide bonds. The molecule has 0 fully saturated rings. The normalized spacial score (nSPS) is 10.7. The summed E-state index contributed by atoms with van der Waals surface area (Å²) < 4.78 is 1.42. The van der Waals surface area contributed by atoms with Crippen LogP contribution in [0.5, 0.6) is 0 Å². The topological polar surface area (TPSA) is 0 Å². The van der Waals surface area contributed by atoms with Gasteiger partial charge in [0.25, 0.3) is 0 Å². The van der Waals surface area contributed by atoms with Crippen LogP contribution in [0.1, 0.15) is 47.2 Å². The molecule has 0 aliphatic carbocycles. The van der Waals surface area contributed by atoms with Gasteiger partial charge in [0.2, 0.25) is 0 Å². The monoisotopic (exact) mass is 620 g/mol. The van der Waals surface area contributed by atoms with Crippen LogP contribution in [0.3, 0.4) is 0 Å². The minimum atomic E-state index is 1.11. The van der Waals surface area contributed by atoms with Gasteiger partial charge in [0.15, 0.2) is 0 Å². The number of fused-ring (bicyclic) bond motifs is 4. The molecule has 42 heavy (non-hydrogen) atoms. The van der Waals surface area contributed by atoms with Crippen LogP contribution in [0.15, 0.2) is 133 Å². The predicted molar refractivity (Wildman–Crippen MR) is 181 cm³/mol. The van der Waals surface area contributed by atoms with E-state index in [1.807, 2.05) is 0 Å². The average molecular weight is 622 g/mol. The van der Waals surface area contributed by atoms with Gasteiger partial charge in [0, 0.05) is 0 Å². The third-order valence-corrected chi connectivity index (χ3v) is 9.55. The standard InChI is InChI=1S/C17H17.C13H10.C11H11.Zr/c1-3-12-5-7-16-14(9-12)11-15-10-13(4-2)6-8-17(15)16;1-3-7-12(8-4-1)11-13-9-5-2-6-10-13;1-8-6-7-10-4-3-5-11(10)9(8)2;/h5-11H,3-4H2,1-2H3;1-10H;3-7H,1-2H3;/q-1;;-1;+2. The van der Waals surface area contributed by atoms with Gasteiger partial charge in [-0.25, -0.2) is 0 Å². The molecule has 0 spiro atoms. The van der Waals surface area contributed by atoms with Gasteiger partial charge in [-0.15, -0.1) is 68.7 Å². The Balaban J connectivity index is 0.000000129. The second-order valence-electron chi connectivity index (χ2n) is 10.8. The van der Waals surface area contributed by atoms with Crippen molar-refractivity contribution in [2.45, 2.75) is 40.5 Å². The predicted octanol–water partition coefficient (Wildman–Crippen LogP) is 10.8. The number of aryl methyl sites for hydroxylation is 4. The fourth-order valence-corrected chi connectivity index (χ4v) is 6.23. The Kier molecular flexibility index (Phi) is 9.94. The molecule has 0 heterocycles. The maximum absolute atomic E-state index is 2.32. The van der Waals surface area contributed by atoms with Crippen molar-refractivity contribution in [1.82, 2.24) is 0 Å². The summed E-state index contributed by atoms with van der Waals surface area (Å²) in [5.74, 6) is 0. The molecular formula is C41H38Zr. The molecule has 0 atom stereocenters. The van der Waals surface area contributed by atoms with Crippen molar-refractivity contribution < 1.29 is 24.2 Å². The van der Waals surface area contributed by atoms with Crippen molar-refractivity contribution in [3.8, 4) is 0 Å². The van der Waals surface area contributed by atoms with Crippen LogP contribution in [0, 0.1) is 13.8 Å². The summed E-state index contributed by atoms with van der Waals surface area (Å²) in [5.41, 5.74) is 8.29. The summed E-state index contributed by atoms with van der Waals surface area (Å²) in [6.07, 6.45) is 2.22. The first-order valence-electron chi connectivity index (χ1n) is 14.9. The number of hydrogen-bond donors (Lipinski definition) is 0. The molecule has 0 bridgehead atoms. The number of rotatable bonds is 4. The van der Waals surface area contributed by atoms with E-state index in [1.54, 1.807) is 0 Å². The first kappa shape index (κ1) is 29.8. The van der Waals surface area contributed by atoms with Gasteiger partial charge in [-0.3, -0.25) is 0 Å². The molecule has 7 aromatic rings. The van der Waals surface area contributed by atoms with Crippen molar-refractivity contribution in [3.05, 3.63) is 167 Å². The first-order valence-corrected chi connectivity index (χ1v) is 16.1. The Morgan fingerprint density at radius 1 is 0.571 bits per heavy atom. The van der Waals surface area contributed by atoms with Crippen molar-refractivity contribution in [2.75, 3.05) is 0 Å². The summed E-state index contributed by atoms with van der Waals surface area (Å²) >= 11 is 1.46. The molecule has 0 N–H and O–H groups in total. The molecule has 0 nitrogen and oxygen atoms in total. The van der Waals surface area contributed by atoms with Gasteiger partial charge in [-0.1, -0.05) is 60.4 Å². The van der Waals surface area contributed by atoms with E-state index in [4.69, 9.17) is 0 Å². The van der Waals surface area contributed by atoms with Crippen molar-refractivity contribution in [3.63, 3.8) is 0 Å². The Labute approximate surface area is 265 Å². The third-order valence-electron chi connectivity index (χ3n) is 8.13. The van der Waals surface area contributed by atoms with E-state index in [0.29, 0.717) is 0 Å². The Hall–Kier alpha value is -3.67. The Morgan fingerprint density at radius 3 is 1.60 bits per heavy atom. The number of hydrogen-bond acceptors (Lipinski definition) is 0. The van der Waals surface area contributed by atoms with Gasteiger partial charge in [0.1, 0.15) is 0 Å². The van der Waals surface area contributed by atoms with Crippen molar-refractivity contribution in [2.24, 2.45) is 0 Å². The molecule has 0 radical (unpaired) electrons. The van der Waals surface area contributed by atoms with Crippen LogP contribution in [0.25, 0.3) is 32.3 Å². The van der Waals surface area contributed by atoms with Crippen LogP contribution >= 0.6 is 0 Å². The summed E-state index contributed by atoms with van der Waals surface area (Å²) in [7, 11) is 0. The zero-order valence-corrected chi connectivity index (χ0v) is 27.6. The molecule has 0 saturated heterocycles. The van der Waals surface area contributed by atoms with E-state index in [-0.39, 0.29) is 0 Å². The molecule has 0 unspecified atom stereocenters. The van der Waals surface area contributed by atoms with E-state index >= 15 is 0 Å². The molecule has 7 rings (SSSR count). The third kappa shape index (κ3) is 6.86. The van der Waals surface area contributed by atoms with Crippen LogP contribution in [-0.4, -0.2) is 3.21 Å². The quantitative estimate of drug-likeness (QED) is 0.172. The van der Waals surface area contributed by atoms with E-state index < -0.39 is 0 Å². The Morgan fingerprint density at radius 2 is 1.10 bits per heavy atom. The second-order valence-corrected chi connectivity index (χ2v) is 12.1. The summed E-state index contributed by atoms with van der Waals surface area (Å²) in [6.45, 7) is 8.75. The molecule has 0 saturated carbocycles. The van der Waals surface area contributed by atoms with Crippen molar-refractivity contribution >= 4 is 35.5 Å². The second kappa shape index (κ2) is 14.0. The fourth-order valence-electron chi connectivity index (χ4n) is 5.41. The molecule has 0 aromatic heterocycles. The zero-order valence-electron chi connectivity index (χ0n) is 25.1. The van der Waals surface area contributed by atoms with E-state index in [0.717, 1.165) is 12.8 Å². The minimum absolute atomic E-state index is 1.11. The molecule has 0 aliphatic heterocycles. The molecule has 7 aromatic carbocycles. The van der Waals surface area contributed by atoms with Gasteiger partial charge < -0.3 is 0 Å². The van der Waals surface area contributed by atoms with E-state index in [9.17, 15) is 0 Å². The number of benzene rings is 5. The summed E-state index contributed by atoms with van der Waals surface area (Å²) in [4.78, 5) is 0. The van der Waals surface area contributed by atoms with E-state index in [2.05, 4.69) is 161 Å². The van der Waals surface area contributed by atoms with Crippen LogP contribution in [-0.2, 0) is 37.1 Å². The molecule has 206 valence electrons.